The SMILES string of the molecule is CCN(CC(=O)NC1CCC(C)CC1)Cc1ccc2c(c1)OCO2. The maximum absolute atomic E-state index is 12.3. The van der Waals surface area contributed by atoms with Gasteiger partial charge in [0, 0.05) is 12.6 Å². The molecule has 1 fully saturated rings. The summed E-state index contributed by atoms with van der Waals surface area (Å²) in [6, 6.07) is 6.34. The van der Waals surface area contributed by atoms with Crippen molar-refractivity contribution in [2.45, 2.75) is 52.1 Å². The van der Waals surface area contributed by atoms with E-state index in [1.54, 1.807) is 0 Å². The summed E-state index contributed by atoms with van der Waals surface area (Å²) in [4.78, 5) is 14.5. The highest BCUT2D eigenvalue weighted by Crippen LogP contribution is 2.32. The number of likely N-dealkylation sites (N-methyl/N-ethyl adjacent to an activating group) is 1. The summed E-state index contributed by atoms with van der Waals surface area (Å²) >= 11 is 0. The van der Waals surface area contributed by atoms with Gasteiger partial charge in [0.05, 0.1) is 6.54 Å². The number of hydrogen-bond donors (Lipinski definition) is 1. The van der Waals surface area contributed by atoms with Gasteiger partial charge in [-0.15, -0.1) is 0 Å². The van der Waals surface area contributed by atoms with E-state index in [4.69, 9.17) is 9.47 Å². The van der Waals surface area contributed by atoms with E-state index in [2.05, 4.69) is 24.1 Å². The van der Waals surface area contributed by atoms with Crippen LogP contribution >= 0.6 is 0 Å². The van der Waals surface area contributed by atoms with Crippen LogP contribution in [0.1, 0.15) is 45.1 Å². The van der Waals surface area contributed by atoms with Crippen LogP contribution in [0.15, 0.2) is 18.2 Å². The molecule has 1 aliphatic heterocycles. The fourth-order valence-corrected chi connectivity index (χ4v) is 3.46. The quantitative estimate of drug-likeness (QED) is 0.870. The van der Waals surface area contributed by atoms with Crippen molar-refractivity contribution in [3.63, 3.8) is 0 Å². The van der Waals surface area contributed by atoms with Crippen LogP contribution in [-0.4, -0.2) is 36.7 Å². The first-order valence-corrected chi connectivity index (χ1v) is 9.04. The van der Waals surface area contributed by atoms with Gasteiger partial charge >= 0.3 is 0 Å². The van der Waals surface area contributed by atoms with Crippen LogP contribution in [0.2, 0.25) is 0 Å². The van der Waals surface area contributed by atoms with Crippen molar-refractivity contribution in [2.24, 2.45) is 5.92 Å². The zero-order valence-electron chi connectivity index (χ0n) is 14.7. The van der Waals surface area contributed by atoms with Crippen LogP contribution < -0.4 is 14.8 Å². The fourth-order valence-electron chi connectivity index (χ4n) is 3.46. The lowest BCUT2D eigenvalue weighted by atomic mass is 9.87. The minimum Gasteiger partial charge on any atom is -0.454 e. The molecule has 24 heavy (non-hydrogen) atoms. The second-order valence-electron chi connectivity index (χ2n) is 7.02. The third-order valence-electron chi connectivity index (χ3n) is 5.04. The molecule has 0 aromatic heterocycles. The standard InChI is InChI=1S/C19H28N2O3/c1-3-21(11-15-6-9-17-18(10-15)24-13-23-17)12-19(22)20-16-7-4-14(2)5-8-16/h6,9-10,14,16H,3-5,7-8,11-13H2,1-2H3,(H,20,22). The first-order valence-electron chi connectivity index (χ1n) is 9.04. The molecular weight excluding hydrogens is 304 g/mol. The Labute approximate surface area is 144 Å². The van der Waals surface area contributed by atoms with Crippen LogP contribution in [-0.2, 0) is 11.3 Å². The first-order chi connectivity index (χ1) is 11.6. The van der Waals surface area contributed by atoms with Crippen LogP contribution in [0.3, 0.4) is 0 Å². The molecule has 1 aromatic carbocycles. The van der Waals surface area contributed by atoms with Gasteiger partial charge in [0.15, 0.2) is 11.5 Å². The van der Waals surface area contributed by atoms with Gasteiger partial charge in [-0.1, -0.05) is 19.9 Å². The van der Waals surface area contributed by atoms with Crippen LogP contribution in [0, 0.1) is 5.92 Å². The Kier molecular flexibility index (Phi) is 5.61. The zero-order chi connectivity index (χ0) is 16.9. The highest BCUT2D eigenvalue weighted by Gasteiger charge is 2.21. The van der Waals surface area contributed by atoms with E-state index < -0.39 is 0 Å². The topological polar surface area (TPSA) is 50.8 Å². The largest absolute Gasteiger partial charge is 0.454 e. The van der Waals surface area contributed by atoms with Gasteiger partial charge in [0.25, 0.3) is 0 Å². The van der Waals surface area contributed by atoms with Crippen molar-refractivity contribution >= 4 is 5.91 Å². The summed E-state index contributed by atoms with van der Waals surface area (Å²) in [7, 11) is 0. The molecule has 1 N–H and O–H groups in total. The number of nitrogens with one attached hydrogen (secondary N) is 1. The molecule has 0 unspecified atom stereocenters. The number of hydrogen-bond acceptors (Lipinski definition) is 4. The van der Waals surface area contributed by atoms with Crippen molar-refractivity contribution in [1.29, 1.82) is 0 Å². The third-order valence-corrected chi connectivity index (χ3v) is 5.04. The lowest BCUT2D eigenvalue weighted by molar-refractivity contribution is -0.123. The Bertz CT molecular complexity index is 568. The summed E-state index contributed by atoms with van der Waals surface area (Å²) in [5.41, 5.74) is 1.14. The minimum absolute atomic E-state index is 0.136. The van der Waals surface area contributed by atoms with Gasteiger partial charge in [-0.05, 0) is 55.8 Å². The van der Waals surface area contributed by atoms with Gasteiger partial charge in [-0.25, -0.2) is 0 Å². The first kappa shape index (κ1) is 17.1. The molecule has 0 bridgehead atoms. The van der Waals surface area contributed by atoms with Crippen molar-refractivity contribution in [3.05, 3.63) is 23.8 Å². The average molecular weight is 332 g/mol. The molecule has 132 valence electrons. The Morgan fingerprint density at radius 2 is 1.96 bits per heavy atom. The number of carbonyl (C=O) groups is 1. The van der Waals surface area contributed by atoms with Crippen LogP contribution in [0.25, 0.3) is 0 Å². The Balaban J connectivity index is 1.50. The van der Waals surface area contributed by atoms with E-state index in [1.165, 1.54) is 12.8 Å². The Morgan fingerprint density at radius 1 is 1.21 bits per heavy atom. The predicted molar refractivity (Wildman–Crippen MR) is 93.1 cm³/mol. The molecule has 1 heterocycles. The van der Waals surface area contributed by atoms with Crippen molar-refractivity contribution in [2.75, 3.05) is 19.9 Å². The third kappa shape index (κ3) is 4.41. The Hall–Kier alpha value is -1.75. The van der Waals surface area contributed by atoms with Crippen LogP contribution in [0.5, 0.6) is 11.5 Å². The summed E-state index contributed by atoms with van der Waals surface area (Å²) in [6.07, 6.45) is 4.67. The van der Waals surface area contributed by atoms with Crippen molar-refractivity contribution in [3.8, 4) is 11.5 Å². The molecule has 0 spiro atoms. The maximum Gasteiger partial charge on any atom is 0.234 e. The van der Waals surface area contributed by atoms with E-state index in [0.29, 0.717) is 19.4 Å². The molecule has 5 nitrogen and oxygen atoms in total. The molecule has 1 aromatic rings. The highest BCUT2D eigenvalue weighted by molar-refractivity contribution is 5.78. The fraction of sp³-hybridized carbons (Fsp3) is 0.632. The molecule has 3 rings (SSSR count). The number of amides is 1. The van der Waals surface area contributed by atoms with Gasteiger partial charge in [-0.2, -0.15) is 0 Å². The number of carbonyl (C=O) groups excluding carboxylic acids is 1. The molecule has 5 heteroatoms. The molecule has 0 saturated heterocycles. The molecule has 0 radical (unpaired) electrons. The van der Waals surface area contributed by atoms with E-state index in [-0.39, 0.29) is 5.91 Å². The summed E-state index contributed by atoms with van der Waals surface area (Å²) < 4.78 is 10.8. The summed E-state index contributed by atoms with van der Waals surface area (Å²) in [5.74, 6) is 2.53. The van der Waals surface area contributed by atoms with E-state index in [9.17, 15) is 4.79 Å². The predicted octanol–water partition coefficient (Wildman–Crippen LogP) is 2.93. The number of ether oxygens (including phenoxy) is 2. The van der Waals surface area contributed by atoms with Gasteiger partial charge < -0.3 is 14.8 Å². The van der Waals surface area contributed by atoms with Crippen LogP contribution in [0.4, 0.5) is 0 Å². The van der Waals surface area contributed by atoms with Crippen molar-refractivity contribution < 1.29 is 14.3 Å². The number of benzene rings is 1. The maximum atomic E-state index is 12.3. The number of fused-ring (bicyclic) bond motifs is 1. The summed E-state index contributed by atoms with van der Waals surface area (Å²) in [5, 5.41) is 3.21. The van der Waals surface area contributed by atoms with E-state index in [1.807, 2.05) is 18.2 Å². The molecule has 1 aliphatic carbocycles. The molecular formula is C19H28N2O3. The van der Waals surface area contributed by atoms with Gasteiger partial charge in [-0.3, -0.25) is 9.69 Å². The average Bonchev–Trinajstić information content (AvgIpc) is 3.04. The number of rotatable bonds is 6. The Morgan fingerprint density at radius 3 is 2.71 bits per heavy atom. The van der Waals surface area contributed by atoms with Crippen molar-refractivity contribution in [1.82, 2.24) is 10.2 Å². The van der Waals surface area contributed by atoms with E-state index >= 15 is 0 Å². The molecule has 1 amide bonds. The minimum atomic E-state index is 0.136. The lowest BCUT2D eigenvalue weighted by Gasteiger charge is -2.28. The second-order valence-corrected chi connectivity index (χ2v) is 7.02. The monoisotopic (exact) mass is 332 g/mol. The highest BCUT2D eigenvalue weighted by atomic mass is 16.7. The smallest absolute Gasteiger partial charge is 0.234 e. The van der Waals surface area contributed by atoms with Gasteiger partial charge in [0.2, 0.25) is 12.7 Å². The molecule has 0 atom stereocenters. The normalized spacial score (nSPS) is 22.6. The number of nitrogens with zero attached hydrogens (tertiary/aromatic N) is 1. The van der Waals surface area contributed by atoms with E-state index in [0.717, 1.165) is 48.9 Å². The molecule has 2 aliphatic rings. The van der Waals surface area contributed by atoms with Gasteiger partial charge in [0.1, 0.15) is 0 Å². The summed E-state index contributed by atoms with van der Waals surface area (Å²) in [6.45, 7) is 6.69. The second kappa shape index (κ2) is 7.88. The lowest BCUT2D eigenvalue weighted by Crippen LogP contribution is -2.43. The zero-order valence-corrected chi connectivity index (χ0v) is 14.7. The molecule has 1 saturated carbocycles.